The van der Waals surface area contributed by atoms with Crippen LogP contribution in [0.2, 0.25) is 0 Å². The molecule has 0 aromatic carbocycles. The third-order valence-corrected chi connectivity index (χ3v) is 1.82. The maximum absolute atomic E-state index is 13.3. The third kappa shape index (κ3) is 4.24. The zero-order chi connectivity index (χ0) is 15.7. The van der Waals surface area contributed by atoms with Gasteiger partial charge in [-0.1, -0.05) is 0 Å². The van der Waals surface area contributed by atoms with Gasteiger partial charge < -0.3 is 9.84 Å². The minimum Gasteiger partial charge on any atom is -0.481 e. The SMILES string of the molecule is O=C(O)Cc1nc(C(F)(F)F)cc(F)c1OC(F)(F)F. The zero-order valence-electron chi connectivity index (χ0n) is 9.14. The lowest BCUT2D eigenvalue weighted by molar-refractivity contribution is -0.276. The van der Waals surface area contributed by atoms with Crippen LogP contribution < -0.4 is 4.74 Å². The van der Waals surface area contributed by atoms with Crippen LogP contribution in [0.3, 0.4) is 0 Å². The fourth-order valence-electron chi connectivity index (χ4n) is 1.18. The highest BCUT2D eigenvalue weighted by Crippen LogP contribution is 2.34. The second-order valence-corrected chi connectivity index (χ2v) is 3.38. The minimum atomic E-state index is -5.41. The summed E-state index contributed by atoms with van der Waals surface area (Å²) < 4.78 is 89.3. The van der Waals surface area contributed by atoms with Crippen LogP contribution in [0, 0.1) is 5.82 Å². The second kappa shape index (κ2) is 5.13. The van der Waals surface area contributed by atoms with E-state index in [9.17, 15) is 35.5 Å². The van der Waals surface area contributed by atoms with Crippen molar-refractivity contribution in [3.05, 3.63) is 23.3 Å². The summed E-state index contributed by atoms with van der Waals surface area (Å²) >= 11 is 0. The van der Waals surface area contributed by atoms with Gasteiger partial charge in [0.2, 0.25) is 0 Å². The Labute approximate surface area is 105 Å². The molecule has 0 saturated heterocycles. The molecule has 1 aromatic heterocycles. The predicted octanol–water partition coefficient (Wildman–Crippen LogP) is 2.77. The molecule has 0 bridgehead atoms. The average Bonchev–Trinajstić information content (AvgIpc) is 2.18. The fourth-order valence-corrected chi connectivity index (χ4v) is 1.18. The van der Waals surface area contributed by atoms with Crippen LogP contribution in [0.5, 0.6) is 5.75 Å². The lowest BCUT2D eigenvalue weighted by Crippen LogP contribution is -2.22. The van der Waals surface area contributed by atoms with Crippen LogP contribution in [0.4, 0.5) is 30.7 Å². The number of hydrogen-bond acceptors (Lipinski definition) is 3. The molecule has 4 nitrogen and oxygen atoms in total. The largest absolute Gasteiger partial charge is 0.573 e. The number of carboxylic acids is 1. The van der Waals surface area contributed by atoms with Crippen LogP contribution in [-0.2, 0) is 17.4 Å². The van der Waals surface area contributed by atoms with E-state index in [4.69, 9.17) is 5.11 Å². The monoisotopic (exact) mass is 307 g/mol. The summed E-state index contributed by atoms with van der Waals surface area (Å²) in [6.07, 6.45) is -11.9. The van der Waals surface area contributed by atoms with Gasteiger partial charge in [-0.25, -0.2) is 9.37 Å². The summed E-state index contributed by atoms with van der Waals surface area (Å²) in [6, 6.07) is -0.313. The number of rotatable bonds is 3. The molecule has 0 aliphatic rings. The van der Waals surface area contributed by atoms with Crippen LogP contribution >= 0.6 is 0 Å². The van der Waals surface area contributed by atoms with Gasteiger partial charge in [0.05, 0.1) is 12.1 Å². The van der Waals surface area contributed by atoms with E-state index in [1.807, 2.05) is 0 Å². The Hall–Kier alpha value is -2.07. The van der Waals surface area contributed by atoms with Gasteiger partial charge >= 0.3 is 18.5 Å². The van der Waals surface area contributed by atoms with Crippen molar-refractivity contribution in [1.29, 1.82) is 0 Å². The van der Waals surface area contributed by atoms with E-state index in [-0.39, 0.29) is 6.07 Å². The van der Waals surface area contributed by atoms with Gasteiger partial charge in [0.25, 0.3) is 0 Å². The molecular formula is C9H4F7NO3. The summed E-state index contributed by atoms with van der Waals surface area (Å²) in [5.74, 6) is -5.52. The lowest BCUT2D eigenvalue weighted by atomic mass is 10.2. The number of carboxylic acid groups (broad SMARTS) is 1. The normalized spacial score (nSPS) is 12.3. The Bertz CT molecular complexity index is 523. The van der Waals surface area contributed by atoms with Gasteiger partial charge in [-0.3, -0.25) is 4.79 Å². The molecule has 0 fully saturated rings. The molecule has 0 unspecified atom stereocenters. The van der Waals surface area contributed by atoms with Gasteiger partial charge in [0, 0.05) is 6.07 Å². The maximum Gasteiger partial charge on any atom is 0.573 e. The molecule has 1 heterocycles. The Morgan fingerprint density at radius 2 is 1.80 bits per heavy atom. The highest BCUT2D eigenvalue weighted by Gasteiger charge is 2.38. The average molecular weight is 307 g/mol. The first-order valence-corrected chi connectivity index (χ1v) is 4.64. The van der Waals surface area contributed by atoms with Crippen molar-refractivity contribution in [1.82, 2.24) is 4.98 Å². The van der Waals surface area contributed by atoms with Gasteiger partial charge in [-0.15, -0.1) is 13.2 Å². The van der Waals surface area contributed by atoms with E-state index in [2.05, 4.69) is 9.72 Å². The number of halogens is 7. The quantitative estimate of drug-likeness (QED) is 0.872. The minimum absolute atomic E-state index is 0.313. The zero-order valence-corrected chi connectivity index (χ0v) is 9.14. The van der Waals surface area contributed by atoms with E-state index in [0.29, 0.717) is 0 Å². The van der Waals surface area contributed by atoms with Crippen molar-refractivity contribution >= 4 is 5.97 Å². The number of pyridine rings is 1. The highest BCUT2D eigenvalue weighted by atomic mass is 19.4. The van der Waals surface area contributed by atoms with Crippen molar-refractivity contribution in [3.63, 3.8) is 0 Å². The summed E-state index contributed by atoms with van der Waals surface area (Å²) in [6.45, 7) is 0. The Morgan fingerprint density at radius 1 is 1.25 bits per heavy atom. The molecule has 0 atom stereocenters. The Balaban J connectivity index is 3.38. The molecule has 11 heteroatoms. The molecule has 0 amide bonds. The molecule has 0 radical (unpaired) electrons. The predicted molar refractivity (Wildman–Crippen MR) is 47.2 cm³/mol. The number of carbonyl (C=O) groups is 1. The lowest BCUT2D eigenvalue weighted by Gasteiger charge is -2.14. The highest BCUT2D eigenvalue weighted by molar-refractivity contribution is 5.70. The van der Waals surface area contributed by atoms with Gasteiger partial charge in [-0.2, -0.15) is 13.2 Å². The van der Waals surface area contributed by atoms with Gasteiger partial charge in [0.1, 0.15) is 5.69 Å². The molecule has 0 aliphatic heterocycles. The molecule has 1 aromatic rings. The summed E-state index contributed by atoms with van der Waals surface area (Å²) in [4.78, 5) is 13.0. The van der Waals surface area contributed by atoms with Gasteiger partial charge in [-0.05, 0) is 0 Å². The van der Waals surface area contributed by atoms with Crippen LogP contribution in [0.1, 0.15) is 11.4 Å². The van der Waals surface area contributed by atoms with Crippen LogP contribution in [0.15, 0.2) is 6.07 Å². The second-order valence-electron chi connectivity index (χ2n) is 3.38. The summed E-state index contributed by atoms with van der Waals surface area (Å²) in [5.41, 5.74) is -3.18. The third-order valence-electron chi connectivity index (χ3n) is 1.82. The standard InChI is InChI=1S/C9H4F7NO3/c10-3-1-5(8(11,12)13)17-4(2-6(18)19)7(3)20-9(14,15)16/h1H,2H2,(H,18,19). The van der Waals surface area contributed by atoms with Crippen LogP contribution in [-0.4, -0.2) is 22.4 Å². The first kappa shape index (κ1) is 16.0. The maximum atomic E-state index is 13.3. The summed E-state index contributed by atoms with van der Waals surface area (Å²) in [7, 11) is 0. The number of ether oxygens (including phenoxy) is 1. The van der Waals surface area contributed by atoms with Crippen molar-refractivity contribution in [2.45, 2.75) is 19.0 Å². The van der Waals surface area contributed by atoms with Gasteiger partial charge in [0.15, 0.2) is 11.6 Å². The molecule has 0 saturated carbocycles. The molecule has 0 spiro atoms. The molecule has 20 heavy (non-hydrogen) atoms. The summed E-state index contributed by atoms with van der Waals surface area (Å²) in [5, 5.41) is 8.39. The first-order valence-electron chi connectivity index (χ1n) is 4.64. The number of aliphatic carboxylic acids is 1. The smallest absolute Gasteiger partial charge is 0.481 e. The number of aromatic nitrogens is 1. The Kier molecular flexibility index (Phi) is 4.10. The van der Waals surface area contributed by atoms with E-state index < -0.39 is 47.9 Å². The first-order chi connectivity index (χ1) is 8.90. The van der Waals surface area contributed by atoms with Crippen molar-refractivity contribution in [2.24, 2.45) is 0 Å². The molecule has 1 N–H and O–H groups in total. The molecular weight excluding hydrogens is 303 g/mol. The number of alkyl halides is 6. The number of nitrogens with zero attached hydrogens (tertiary/aromatic N) is 1. The van der Waals surface area contributed by atoms with E-state index >= 15 is 0 Å². The molecule has 1 rings (SSSR count). The van der Waals surface area contributed by atoms with Crippen molar-refractivity contribution in [2.75, 3.05) is 0 Å². The fraction of sp³-hybridized carbons (Fsp3) is 0.333. The van der Waals surface area contributed by atoms with E-state index in [1.54, 1.807) is 0 Å². The van der Waals surface area contributed by atoms with Crippen molar-refractivity contribution in [3.8, 4) is 5.75 Å². The van der Waals surface area contributed by atoms with E-state index in [0.717, 1.165) is 0 Å². The topological polar surface area (TPSA) is 59.4 Å². The Morgan fingerprint density at radius 3 is 2.20 bits per heavy atom. The molecule has 112 valence electrons. The van der Waals surface area contributed by atoms with Crippen LogP contribution in [0.25, 0.3) is 0 Å². The van der Waals surface area contributed by atoms with Crippen molar-refractivity contribution < 1.29 is 45.4 Å². The van der Waals surface area contributed by atoms with E-state index in [1.165, 1.54) is 0 Å². The number of hydrogen-bond donors (Lipinski definition) is 1. The molecule has 0 aliphatic carbocycles.